The summed E-state index contributed by atoms with van der Waals surface area (Å²) in [4.78, 5) is 11.0. The lowest BCUT2D eigenvalue weighted by Gasteiger charge is -2.20. The van der Waals surface area contributed by atoms with E-state index < -0.39 is 21.0 Å². The first-order valence-electron chi connectivity index (χ1n) is 12.4. The van der Waals surface area contributed by atoms with Gasteiger partial charge in [0.25, 0.3) is 5.69 Å². The highest BCUT2D eigenvalue weighted by Crippen LogP contribution is 2.30. The second-order valence-corrected chi connectivity index (χ2v) is 11.6. The van der Waals surface area contributed by atoms with Gasteiger partial charge in [0, 0.05) is 23.6 Å². The zero-order valence-electron chi connectivity index (χ0n) is 21.2. The SMILES string of the molecule is O=[N+]([O-])c1ccc(-n2c(SCc3ccccc3)nnc2C(Cc2ccccc2)NS(=O)(=O)c2ccccc2)cc1. The fourth-order valence-corrected chi connectivity index (χ4v) is 6.31. The molecule has 0 bridgehead atoms. The van der Waals surface area contributed by atoms with Crippen molar-refractivity contribution >= 4 is 27.5 Å². The molecule has 4 aromatic carbocycles. The molecule has 1 N–H and O–H groups in total. The fraction of sp³-hybridized carbons (Fsp3) is 0.103. The predicted octanol–water partition coefficient (Wildman–Crippen LogP) is 5.73. The molecule has 0 saturated carbocycles. The number of nitrogens with one attached hydrogen (secondary N) is 1. The summed E-state index contributed by atoms with van der Waals surface area (Å²) < 4.78 is 31.5. The van der Waals surface area contributed by atoms with Crippen LogP contribution in [0.4, 0.5) is 5.69 Å². The molecule has 11 heteroatoms. The first-order valence-corrected chi connectivity index (χ1v) is 14.9. The van der Waals surface area contributed by atoms with E-state index in [1.54, 1.807) is 34.9 Å². The Bertz CT molecular complexity index is 1680. The van der Waals surface area contributed by atoms with E-state index >= 15 is 0 Å². The van der Waals surface area contributed by atoms with Crippen molar-refractivity contribution in [1.29, 1.82) is 0 Å². The van der Waals surface area contributed by atoms with Gasteiger partial charge in [-0.3, -0.25) is 14.7 Å². The van der Waals surface area contributed by atoms with E-state index in [-0.39, 0.29) is 10.6 Å². The summed E-state index contributed by atoms with van der Waals surface area (Å²) >= 11 is 1.44. The molecule has 5 rings (SSSR count). The smallest absolute Gasteiger partial charge is 0.269 e. The average molecular weight is 572 g/mol. The largest absolute Gasteiger partial charge is 0.273 e. The Kier molecular flexibility index (Phi) is 8.34. The maximum atomic E-state index is 13.4. The maximum absolute atomic E-state index is 13.4. The minimum Gasteiger partial charge on any atom is -0.273 e. The number of hydrogen-bond acceptors (Lipinski definition) is 7. The molecule has 0 radical (unpaired) electrons. The molecule has 1 aromatic heterocycles. The van der Waals surface area contributed by atoms with E-state index in [0.29, 0.717) is 28.8 Å². The average Bonchev–Trinajstić information content (AvgIpc) is 3.41. The van der Waals surface area contributed by atoms with Crippen LogP contribution in [0.1, 0.15) is 23.0 Å². The van der Waals surface area contributed by atoms with E-state index in [0.717, 1.165) is 11.1 Å². The number of nitrogens with zero attached hydrogens (tertiary/aromatic N) is 4. The number of rotatable bonds is 11. The molecular formula is C29H25N5O4S2. The lowest BCUT2D eigenvalue weighted by atomic mass is 10.1. The van der Waals surface area contributed by atoms with Gasteiger partial charge in [-0.2, -0.15) is 0 Å². The number of aromatic nitrogens is 3. The van der Waals surface area contributed by atoms with Crippen LogP contribution in [0.3, 0.4) is 0 Å². The van der Waals surface area contributed by atoms with Crippen molar-refractivity contribution in [2.45, 2.75) is 28.3 Å². The summed E-state index contributed by atoms with van der Waals surface area (Å²) in [5.74, 6) is 0.971. The van der Waals surface area contributed by atoms with E-state index in [1.165, 1.54) is 36.0 Å². The first kappa shape index (κ1) is 27.3. The first-order chi connectivity index (χ1) is 19.4. The third kappa shape index (κ3) is 6.45. The minimum atomic E-state index is -3.92. The number of nitro benzene ring substituents is 1. The van der Waals surface area contributed by atoms with Crippen molar-refractivity contribution in [2.75, 3.05) is 0 Å². The highest BCUT2D eigenvalue weighted by atomic mass is 32.2. The lowest BCUT2D eigenvalue weighted by Crippen LogP contribution is -2.32. The van der Waals surface area contributed by atoms with Crippen molar-refractivity contribution in [3.05, 3.63) is 142 Å². The highest BCUT2D eigenvalue weighted by Gasteiger charge is 2.28. The monoisotopic (exact) mass is 571 g/mol. The van der Waals surface area contributed by atoms with Crippen molar-refractivity contribution in [3.63, 3.8) is 0 Å². The third-order valence-electron chi connectivity index (χ3n) is 6.13. The van der Waals surface area contributed by atoms with Gasteiger partial charge in [0.15, 0.2) is 11.0 Å². The summed E-state index contributed by atoms with van der Waals surface area (Å²) in [6.07, 6.45) is 0.307. The molecule has 40 heavy (non-hydrogen) atoms. The lowest BCUT2D eigenvalue weighted by molar-refractivity contribution is -0.384. The van der Waals surface area contributed by atoms with Crippen LogP contribution >= 0.6 is 11.8 Å². The van der Waals surface area contributed by atoms with E-state index in [2.05, 4.69) is 14.9 Å². The maximum Gasteiger partial charge on any atom is 0.269 e. The Hall–Kier alpha value is -4.32. The quantitative estimate of drug-likeness (QED) is 0.122. The van der Waals surface area contributed by atoms with E-state index in [9.17, 15) is 18.5 Å². The van der Waals surface area contributed by atoms with Crippen LogP contribution in [0.25, 0.3) is 5.69 Å². The van der Waals surface area contributed by atoms with Crippen LogP contribution in [0.2, 0.25) is 0 Å². The normalized spacial score (nSPS) is 12.2. The molecular weight excluding hydrogens is 546 g/mol. The number of sulfonamides is 1. The Labute approximate surface area is 236 Å². The number of hydrogen-bond donors (Lipinski definition) is 1. The molecule has 0 aliphatic rings. The zero-order chi connectivity index (χ0) is 28.0. The van der Waals surface area contributed by atoms with Crippen LogP contribution in [0.5, 0.6) is 0 Å². The van der Waals surface area contributed by atoms with Crippen LogP contribution in [-0.2, 0) is 22.2 Å². The van der Waals surface area contributed by atoms with Crippen LogP contribution < -0.4 is 4.72 Å². The molecule has 0 aliphatic carbocycles. The Morgan fingerprint density at radius 2 is 1.38 bits per heavy atom. The minimum absolute atomic E-state index is 0.0533. The molecule has 202 valence electrons. The molecule has 5 aromatic rings. The van der Waals surface area contributed by atoms with Crippen molar-refractivity contribution < 1.29 is 13.3 Å². The van der Waals surface area contributed by atoms with Gasteiger partial charge in [-0.25, -0.2) is 13.1 Å². The summed E-state index contributed by atoms with van der Waals surface area (Å²) in [7, 11) is -3.92. The number of benzene rings is 4. The molecule has 0 amide bonds. The van der Waals surface area contributed by atoms with Gasteiger partial charge in [-0.05, 0) is 41.8 Å². The zero-order valence-corrected chi connectivity index (χ0v) is 22.8. The highest BCUT2D eigenvalue weighted by molar-refractivity contribution is 7.98. The topological polar surface area (TPSA) is 120 Å². The van der Waals surface area contributed by atoms with Crippen LogP contribution in [0, 0.1) is 10.1 Å². The molecule has 0 saturated heterocycles. The van der Waals surface area contributed by atoms with Gasteiger partial charge in [-0.15, -0.1) is 10.2 Å². The van der Waals surface area contributed by atoms with Crippen LogP contribution in [-0.4, -0.2) is 28.1 Å². The summed E-state index contributed by atoms with van der Waals surface area (Å²) in [5.41, 5.74) is 2.51. The summed E-state index contributed by atoms with van der Waals surface area (Å²) in [6.45, 7) is 0. The van der Waals surface area contributed by atoms with Gasteiger partial charge in [0.05, 0.1) is 15.9 Å². The molecule has 1 unspecified atom stereocenters. The molecule has 0 fully saturated rings. The van der Waals surface area contributed by atoms with Gasteiger partial charge in [0.2, 0.25) is 10.0 Å². The standard InChI is InChI=1S/C29H25N5O4S2/c35-34(36)25-18-16-24(17-19-25)33-28(30-31-29(33)39-21-23-12-6-2-7-13-23)27(20-22-10-4-1-5-11-22)32-40(37,38)26-14-8-3-9-15-26/h1-19,27,32H,20-21H2. The Morgan fingerprint density at radius 3 is 1.98 bits per heavy atom. The molecule has 1 heterocycles. The second kappa shape index (κ2) is 12.2. The van der Waals surface area contributed by atoms with Crippen molar-refractivity contribution in [3.8, 4) is 5.69 Å². The van der Waals surface area contributed by atoms with Crippen molar-refractivity contribution in [2.24, 2.45) is 0 Å². The molecule has 0 aliphatic heterocycles. The number of non-ortho nitro benzene ring substituents is 1. The van der Waals surface area contributed by atoms with E-state index in [1.807, 2.05) is 60.7 Å². The fourth-order valence-electron chi connectivity index (χ4n) is 4.18. The predicted molar refractivity (Wildman–Crippen MR) is 154 cm³/mol. The number of thioether (sulfide) groups is 1. The molecule has 1 atom stereocenters. The van der Waals surface area contributed by atoms with Gasteiger partial charge in [-0.1, -0.05) is 90.6 Å². The van der Waals surface area contributed by atoms with Crippen molar-refractivity contribution in [1.82, 2.24) is 19.5 Å². The molecule has 0 spiro atoms. The third-order valence-corrected chi connectivity index (χ3v) is 8.62. The van der Waals surface area contributed by atoms with Gasteiger partial charge >= 0.3 is 0 Å². The van der Waals surface area contributed by atoms with E-state index in [4.69, 9.17) is 0 Å². The Balaban J connectivity index is 1.59. The summed E-state index contributed by atoms with van der Waals surface area (Å²) in [5, 5.41) is 20.7. The van der Waals surface area contributed by atoms with Crippen LogP contribution in [0.15, 0.2) is 125 Å². The van der Waals surface area contributed by atoms with Gasteiger partial charge < -0.3 is 0 Å². The second-order valence-electron chi connectivity index (χ2n) is 8.90. The van der Waals surface area contributed by atoms with Gasteiger partial charge in [0.1, 0.15) is 0 Å². The summed E-state index contributed by atoms with van der Waals surface area (Å²) in [6, 6.07) is 32.8. The number of nitro groups is 1. The molecule has 9 nitrogen and oxygen atoms in total. The Morgan fingerprint density at radius 1 is 0.800 bits per heavy atom.